The first-order valence-corrected chi connectivity index (χ1v) is 8.97. The molecular formula is C11H22N4O2Si. The monoisotopic (exact) mass is 270 g/mol. The number of aromatic nitrogens is 4. The smallest absolute Gasteiger partial charge is 0.198 e. The van der Waals surface area contributed by atoms with Crippen LogP contribution in [0.15, 0.2) is 0 Å². The average molecular weight is 270 g/mol. The van der Waals surface area contributed by atoms with Crippen LogP contribution in [-0.2, 0) is 17.5 Å². The summed E-state index contributed by atoms with van der Waals surface area (Å²) >= 11 is 0. The van der Waals surface area contributed by atoms with Gasteiger partial charge >= 0.3 is 0 Å². The van der Waals surface area contributed by atoms with Crippen LogP contribution in [0.25, 0.3) is 0 Å². The van der Waals surface area contributed by atoms with Crippen LogP contribution in [0.4, 0.5) is 0 Å². The van der Waals surface area contributed by atoms with Crippen molar-refractivity contribution in [2.75, 3.05) is 6.61 Å². The van der Waals surface area contributed by atoms with Crippen molar-refractivity contribution in [1.82, 2.24) is 20.4 Å². The molecule has 1 N–H and O–H groups in total. The predicted molar refractivity (Wildman–Crippen MR) is 70.4 cm³/mol. The molecule has 0 atom stereocenters. The minimum atomic E-state index is -1.71. The summed E-state index contributed by atoms with van der Waals surface area (Å²) in [4.78, 5) is 0. The lowest BCUT2D eigenvalue weighted by atomic mass is 10.2. The van der Waals surface area contributed by atoms with Crippen molar-refractivity contribution in [3.63, 3.8) is 0 Å². The van der Waals surface area contributed by atoms with Gasteiger partial charge in [-0.1, -0.05) is 20.8 Å². The van der Waals surface area contributed by atoms with E-state index in [4.69, 9.17) is 9.53 Å². The van der Waals surface area contributed by atoms with Gasteiger partial charge in [0.1, 0.15) is 6.61 Å². The van der Waals surface area contributed by atoms with Crippen molar-refractivity contribution in [1.29, 1.82) is 0 Å². The Morgan fingerprint density at radius 3 is 2.00 bits per heavy atom. The molecule has 1 rings (SSSR count). The summed E-state index contributed by atoms with van der Waals surface area (Å²) in [5, 5.41) is 24.2. The highest BCUT2D eigenvalue weighted by molar-refractivity contribution is 6.74. The minimum Gasteiger partial charge on any atom is -0.416 e. The summed E-state index contributed by atoms with van der Waals surface area (Å²) in [5.74, 6) is 0.787. The van der Waals surface area contributed by atoms with Gasteiger partial charge in [-0.3, -0.25) is 0 Å². The summed E-state index contributed by atoms with van der Waals surface area (Å²) in [6.45, 7) is 11.4. The third-order valence-electron chi connectivity index (χ3n) is 3.30. The highest BCUT2D eigenvalue weighted by atomic mass is 28.4. The van der Waals surface area contributed by atoms with Gasteiger partial charge < -0.3 is 9.53 Å². The number of hydrogen-bond acceptors (Lipinski definition) is 6. The van der Waals surface area contributed by atoms with E-state index in [0.717, 1.165) is 0 Å². The molecule has 6 nitrogen and oxygen atoms in total. The van der Waals surface area contributed by atoms with Crippen LogP contribution in [0.3, 0.4) is 0 Å². The summed E-state index contributed by atoms with van der Waals surface area (Å²) in [6, 6.07) is 0. The Morgan fingerprint density at radius 1 is 1.06 bits per heavy atom. The Labute approximate surface area is 109 Å². The van der Waals surface area contributed by atoms with E-state index in [0.29, 0.717) is 18.9 Å². The third-order valence-corrected chi connectivity index (χ3v) is 7.84. The average Bonchev–Trinajstić information content (AvgIpc) is 2.28. The lowest BCUT2D eigenvalue weighted by molar-refractivity contribution is 0.265. The number of aliphatic hydroxyl groups is 1. The maximum absolute atomic E-state index is 8.78. The van der Waals surface area contributed by atoms with Crippen LogP contribution in [0, 0.1) is 0 Å². The first-order chi connectivity index (χ1) is 8.26. The quantitative estimate of drug-likeness (QED) is 0.813. The number of nitrogens with zero attached hydrogens (tertiary/aromatic N) is 4. The summed E-state index contributed by atoms with van der Waals surface area (Å²) in [7, 11) is -1.71. The maximum Gasteiger partial charge on any atom is 0.198 e. The highest BCUT2D eigenvalue weighted by Gasteiger charge is 2.36. The van der Waals surface area contributed by atoms with E-state index in [9.17, 15) is 0 Å². The molecule has 1 heterocycles. The Bertz CT molecular complexity index is 376. The van der Waals surface area contributed by atoms with Crippen molar-refractivity contribution in [3.8, 4) is 0 Å². The van der Waals surface area contributed by atoms with E-state index >= 15 is 0 Å². The van der Waals surface area contributed by atoms with E-state index in [-0.39, 0.29) is 17.5 Å². The second-order valence-corrected chi connectivity index (χ2v) is 10.6. The molecule has 0 spiro atoms. The van der Waals surface area contributed by atoms with E-state index in [1.165, 1.54) is 0 Å². The van der Waals surface area contributed by atoms with Gasteiger partial charge in [0.25, 0.3) is 0 Å². The molecule has 0 radical (unpaired) electrons. The summed E-state index contributed by atoms with van der Waals surface area (Å²) in [5.41, 5.74) is 0. The SMILES string of the molecule is CC(C)(C)[Si](C)(C)OCCc1nnc(CO)nn1. The molecule has 0 aliphatic heterocycles. The van der Waals surface area contributed by atoms with Crippen LogP contribution in [-0.4, -0.2) is 40.4 Å². The highest BCUT2D eigenvalue weighted by Crippen LogP contribution is 2.36. The molecule has 0 amide bonds. The molecule has 0 fully saturated rings. The van der Waals surface area contributed by atoms with E-state index in [1.807, 2.05) is 0 Å². The largest absolute Gasteiger partial charge is 0.416 e. The molecule has 0 unspecified atom stereocenters. The number of rotatable bonds is 5. The minimum absolute atomic E-state index is 0.200. The van der Waals surface area contributed by atoms with E-state index in [2.05, 4.69) is 54.3 Å². The van der Waals surface area contributed by atoms with Gasteiger partial charge in [0.2, 0.25) is 0 Å². The summed E-state index contributed by atoms with van der Waals surface area (Å²) < 4.78 is 6.01. The molecule has 0 saturated carbocycles. The number of hydrogen-bond donors (Lipinski definition) is 1. The van der Waals surface area contributed by atoms with Gasteiger partial charge in [0.15, 0.2) is 20.0 Å². The summed E-state index contributed by atoms with van der Waals surface area (Å²) in [6.07, 6.45) is 0.595. The molecule has 1 aromatic rings. The molecule has 0 aromatic carbocycles. The van der Waals surface area contributed by atoms with Gasteiger partial charge in [0.05, 0.1) is 0 Å². The molecular weight excluding hydrogens is 248 g/mol. The van der Waals surface area contributed by atoms with Gasteiger partial charge in [-0.2, -0.15) is 0 Å². The van der Waals surface area contributed by atoms with Crippen LogP contribution in [0.5, 0.6) is 0 Å². The molecule has 0 bridgehead atoms. The van der Waals surface area contributed by atoms with Gasteiger partial charge in [-0.15, -0.1) is 20.4 Å². The molecule has 1 aromatic heterocycles. The van der Waals surface area contributed by atoms with Gasteiger partial charge in [0, 0.05) is 13.0 Å². The predicted octanol–water partition coefficient (Wildman–Crippen LogP) is 1.32. The Morgan fingerprint density at radius 2 is 1.56 bits per heavy atom. The topological polar surface area (TPSA) is 81.0 Å². The molecule has 102 valence electrons. The van der Waals surface area contributed by atoms with Crippen molar-refractivity contribution in [2.45, 2.75) is 51.9 Å². The molecule has 0 saturated heterocycles. The van der Waals surface area contributed by atoms with Crippen LogP contribution in [0.2, 0.25) is 18.1 Å². The lowest BCUT2D eigenvalue weighted by Gasteiger charge is -2.36. The van der Waals surface area contributed by atoms with Crippen molar-refractivity contribution in [2.24, 2.45) is 0 Å². The van der Waals surface area contributed by atoms with Crippen LogP contribution >= 0.6 is 0 Å². The van der Waals surface area contributed by atoms with Crippen molar-refractivity contribution in [3.05, 3.63) is 11.6 Å². The van der Waals surface area contributed by atoms with Gasteiger partial charge in [-0.25, -0.2) is 0 Å². The zero-order chi connectivity index (χ0) is 13.8. The normalized spacial score (nSPS) is 12.8. The molecule has 0 aliphatic carbocycles. The first-order valence-electron chi connectivity index (χ1n) is 6.06. The molecule has 18 heavy (non-hydrogen) atoms. The lowest BCUT2D eigenvalue weighted by Crippen LogP contribution is -2.41. The fraction of sp³-hybridized carbons (Fsp3) is 0.818. The Hall–Kier alpha value is -0.923. The van der Waals surface area contributed by atoms with E-state index in [1.54, 1.807) is 0 Å². The van der Waals surface area contributed by atoms with Crippen LogP contribution < -0.4 is 0 Å². The van der Waals surface area contributed by atoms with Crippen molar-refractivity contribution < 1.29 is 9.53 Å². The fourth-order valence-electron chi connectivity index (χ4n) is 1.05. The maximum atomic E-state index is 8.78. The zero-order valence-corrected chi connectivity index (χ0v) is 12.8. The number of aliphatic hydroxyl groups excluding tert-OH is 1. The third kappa shape index (κ3) is 4.07. The standard InChI is InChI=1S/C11H22N4O2Si/c1-11(2,3)18(4,5)17-7-6-9-12-14-10(8-16)15-13-9/h16H,6-8H2,1-5H3. The second-order valence-electron chi connectivity index (χ2n) is 5.75. The van der Waals surface area contributed by atoms with Crippen molar-refractivity contribution >= 4 is 8.32 Å². The first kappa shape index (κ1) is 15.1. The van der Waals surface area contributed by atoms with Crippen LogP contribution in [0.1, 0.15) is 32.4 Å². The second kappa shape index (κ2) is 5.81. The zero-order valence-electron chi connectivity index (χ0n) is 11.8. The molecule has 0 aliphatic rings. The van der Waals surface area contributed by atoms with Gasteiger partial charge in [-0.05, 0) is 18.1 Å². The van der Waals surface area contributed by atoms with E-state index < -0.39 is 8.32 Å². The fourth-order valence-corrected chi connectivity index (χ4v) is 2.09. The Kier molecular flexibility index (Phi) is 4.89. The Balaban J connectivity index is 2.46. The molecule has 7 heteroatoms.